The maximum atomic E-state index is 5.39. The Labute approximate surface area is 150 Å². The molecule has 0 spiro atoms. The molecule has 2 aromatic carbocycles. The third-order valence-electron chi connectivity index (χ3n) is 4.73. The minimum atomic E-state index is 0.860. The Hall–Kier alpha value is -2.33. The minimum Gasteiger partial charge on any atom is -0.497 e. The molecule has 0 aliphatic rings. The summed E-state index contributed by atoms with van der Waals surface area (Å²) in [6.07, 6.45) is 1.11. The predicted octanol–water partition coefficient (Wildman–Crippen LogP) is 4.44. The molecule has 3 aromatic rings. The molecule has 0 saturated heterocycles. The van der Waals surface area contributed by atoms with Crippen molar-refractivity contribution in [3.05, 3.63) is 48.5 Å². The highest BCUT2D eigenvalue weighted by Crippen LogP contribution is 2.27. The summed E-state index contributed by atoms with van der Waals surface area (Å²) in [5, 5.41) is 0. The molecule has 0 N–H and O–H groups in total. The van der Waals surface area contributed by atoms with Gasteiger partial charge in [-0.05, 0) is 50.3 Å². The van der Waals surface area contributed by atoms with Crippen molar-refractivity contribution in [2.45, 2.75) is 26.8 Å². The maximum Gasteiger partial charge on any atom is 0.141 e. The average molecular weight is 337 g/mol. The molecular formula is C21H27N3O. The summed E-state index contributed by atoms with van der Waals surface area (Å²) in [5.41, 5.74) is 3.33. The van der Waals surface area contributed by atoms with Gasteiger partial charge in [-0.3, -0.25) is 0 Å². The highest BCUT2D eigenvalue weighted by Gasteiger charge is 2.13. The number of para-hydroxylation sites is 2. The lowest BCUT2D eigenvalue weighted by Gasteiger charge is -2.18. The third kappa shape index (κ3) is 3.85. The van der Waals surface area contributed by atoms with Crippen LogP contribution in [0.5, 0.6) is 5.75 Å². The molecule has 0 amide bonds. The van der Waals surface area contributed by atoms with Gasteiger partial charge in [-0.15, -0.1) is 0 Å². The fourth-order valence-corrected chi connectivity index (χ4v) is 3.28. The van der Waals surface area contributed by atoms with Crippen LogP contribution in [0.2, 0.25) is 0 Å². The average Bonchev–Trinajstić information content (AvgIpc) is 3.04. The monoisotopic (exact) mass is 337 g/mol. The fraction of sp³-hybridized carbons (Fsp3) is 0.381. The van der Waals surface area contributed by atoms with E-state index in [1.165, 1.54) is 5.52 Å². The largest absolute Gasteiger partial charge is 0.497 e. The first kappa shape index (κ1) is 17.5. The van der Waals surface area contributed by atoms with Crippen molar-refractivity contribution >= 4 is 11.0 Å². The van der Waals surface area contributed by atoms with Crippen molar-refractivity contribution in [3.8, 4) is 17.1 Å². The van der Waals surface area contributed by atoms with Crippen LogP contribution in [0, 0.1) is 0 Å². The van der Waals surface area contributed by atoms with Crippen LogP contribution in [0.1, 0.15) is 20.3 Å². The van der Waals surface area contributed by atoms with Crippen molar-refractivity contribution in [2.75, 3.05) is 26.7 Å². The van der Waals surface area contributed by atoms with Gasteiger partial charge in [-0.1, -0.05) is 38.1 Å². The van der Waals surface area contributed by atoms with Crippen LogP contribution in [0.25, 0.3) is 22.4 Å². The Morgan fingerprint density at radius 3 is 2.60 bits per heavy atom. The number of benzene rings is 2. The Bertz CT molecular complexity index is 821. The number of imidazole rings is 1. The number of aryl methyl sites for hydroxylation is 1. The lowest BCUT2D eigenvalue weighted by molar-refractivity contribution is 0.294. The Kier molecular flexibility index (Phi) is 5.71. The van der Waals surface area contributed by atoms with Crippen LogP contribution < -0.4 is 4.74 Å². The predicted molar refractivity (Wildman–Crippen MR) is 104 cm³/mol. The van der Waals surface area contributed by atoms with Gasteiger partial charge in [-0.2, -0.15) is 0 Å². The van der Waals surface area contributed by atoms with E-state index in [0.29, 0.717) is 0 Å². The van der Waals surface area contributed by atoms with Crippen molar-refractivity contribution in [3.63, 3.8) is 0 Å². The highest BCUT2D eigenvalue weighted by molar-refractivity contribution is 5.80. The van der Waals surface area contributed by atoms with Crippen molar-refractivity contribution in [1.82, 2.24) is 14.5 Å². The molecule has 3 rings (SSSR count). The molecule has 0 unspecified atom stereocenters. The van der Waals surface area contributed by atoms with Gasteiger partial charge in [0, 0.05) is 12.1 Å². The molecule has 0 fully saturated rings. The molecule has 25 heavy (non-hydrogen) atoms. The molecular weight excluding hydrogens is 310 g/mol. The zero-order valence-corrected chi connectivity index (χ0v) is 15.4. The summed E-state index contributed by atoms with van der Waals surface area (Å²) in [7, 11) is 1.70. The van der Waals surface area contributed by atoms with Gasteiger partial charge in [0.05, 0.1) is 18.1 Å². The number of methoxy groups -OCH3 is 1. The Balaban J connectivity index is 1.94. The molecule has 0 bridgehead atoms. The number of hydrogen-bond acceptors (Lipinski definition) is 3. The SMILES string of the molecule is CCN(CC)CCCn1c(-c2cccc(OC)c2)nc2ccccc21. The van der Waals surface area contributed by atoms with Gasteiger partial charge in [0.2, 0.25) is 0 Å². The molecule has 1 heterocycles. The molecule has 1 aromatic heterocycles. The zero-order chi connectivity index (χ0) is 17.6. The van der Waals surface area contributed by atoms with E-state index < -0.39 is 0 Å². The molecule has 0 atom stereocenters. The number of rotatable bonds is 8. The number of hydrogen-bond donors (Lipinski definition) is 0. The summed E-state index contributed by atoms with van der Waals surface area (Å²) < 4.78 is 7.73. The topological polar surface area (TPSA) is 30.3 Å². The number of aromatic nitrogens is 2. The summed E-state index contributed by atoms with van der Waals surface area (Å²) in [5.74, 6) is 1.87. The molecule has 4 nitrogen and oxygen atoms in total. The lowest BCUT2D eigenvalue weighted by atomic mass is 10.2. The van der Waals surface area contributed by atoms with Crippen molar-refractivity contribution in [2.24, 2.45) is 0 Å². The maximum absolute atomic E-state index is 5.39. The smallest absolute Gasteiger partial charge is 0.141 e. The highest BCUT2D eigenvalue weighted by atomic mass is 16.5. The summed E-state index contributed by atoms with van der Waals surface area (Å²) in [4.78, 5) is 7.35. The van der Waals surface area contributed by atoms with E-state index in [1.54, 1.807) is 7.11 Å². The summed E-state index contributed by atoms with van der Waals surface area (Å²) >= 11 is 0. The molecule has 0 saturated carbocycles. The second-order valence-electron chi connectivity index (χ2n) is 6.19. The van der Waals surface area contributed by atoms with E-state index >= 15 is 0 Å². The minimum absolute atomic E-state index is 0.860. The summed E-state index contributed by atoms with van der Waals surface area (Å²) in [6.45, 7) is 8.71. The first-order chi connectivity index (χ1) is 12.3. The van der Waals surface area contributed by atoms with Crippen molar-refractivity contribution in [1.29, 1.82) is 0 Å². The second-order valence-corrected chi connectivity index (χ2v) is 6.19. The van der Waals surface area contributed by atoms with Crippen LogP contribution in [0.15, 0.2) is 48.5 Å². The van der Waals surface area contributed by atoms with E-state index in [4.69, 9.17) is 9.72 Å². The Morgan fingerprint density at radius 2 is 1.84 bits per heavy atom. The molecule has 0 aliphatic heterocycles. The van der Waals surface area contributed by atoms with E-state index in [9.17, 15) is 0 Å². The van der Waals surface area contributed by atoms with Gasteiger partial charge in [-0.25, -0.2) is 4.98 Å². The summed E-state index contributed by atoms with van der Waals surface area (Å²) in [6, 6.07) is 16.5. The van der Waals surface area contributed by atoms with Crippen molar-refractivity contribution < 1.29 is 4.74 Å². The fourth-order valence-electron chi connectivity index (χ4n) is 3.28. The first-order valence-electron chi connectivity index (χ1n) is 9.08. The van der Waals surface area contributed by atoms with Crippen LogP contribution in [0.4, 0.5) is 0 Å². The van der Waals surface area contributed by atoms with E-state index in [0.717, 1.165) is 55.3 Å². The van der Waals surface area contributed by atoms with Gasteiger partial charge in [0.15, 0.2) is 0 Å². The lowest BCUT2D eigenvalue weighted by Crippen LogP contribution is -2.24. The Morgan fingerprint density at radius 1 is 1.04 bits per heavy atom. The van der Waals surface area contributed by atoms with E-state index in [-0.39, 0.29) is 0 Å². The van der Waals surface area contributed by atoms with E-state index in [1.807, 2.05) is 18.2 Å². The molecule has 0 radical (unpaired) electrons. The van der Waals surface area contributed by atoms with Crippen LogP contribution in [0.3, 0.4) is 0 Å². The van der Waals surface area contributed by atoms with Crippen LogP contribution in [-0.2, 0) is 6.54 Å². The van der Waals surface area contributed by atoms with Crippen LogP contribution in [-0.4, -0.2) is 41.2 Å². The quantitative estimate of drug-likeness (QED) is 0.608. The standard InChI is InChI=1S/C21H27N3O/c1-4-23(5-2)14-9-15-24-20-13-7-6-12-19(20)22-21(24)17-10-8-11-18(16-17)25-3/h6-8,10-13,16H,4-5,9,14-15H2,1-3H3. The van der Waals surface area contributed by atoms with Gasteiger partial charge in [0.25, 0.3) is 0 Å². The van der Waals surface area contributed by atoms with E-state index in [2.05, 4.69) is 53.6 Å². The second kappa shape index (κ2) is 8.17. The third-order valence-corrected chi connectivity index (χ3v) is 4.73. The van der Waals surface area contributed by atoms with Gasteiger partial charge >= 0.3 is 0 Å². The van der Waals surface area contributed by atoms with Crippen LogP contribution >= 0.6 is 0 Å². The molecule has 0 aliphatic carbocycles. The molecule has 4 heteroatoms. The van der Waals surface area contributed by atoms with Gasteiger partial charge in [0.1, 0.15) is 11.6 Å². The number of ether oxygens (including phenoxy) is 1. The first-order valence-corrected chi connectivity index (χ1v) is 9.08. The normalized spacial score (nSPS) is 11.4. The molecule has 132 valence electrons. The zero-order valence-electron chi connectivity index (χ0n) is 15.4. The number of fused-ring (bicyclic) bond motifs is 1. The van der Waals surface area contributed by atoms with Gasteiger partial charge < -0.3 is 14.2 Å². The number of nitrogens with zero attached hydrogens (tertiary/aromatic N) is 3.